The fourth-order valence-corrected chi connectivity index (χ4v) is 2.57. The fourth-order valence-electron chi connectivity index (χ4n) is 2.57. The molecular formula is C14H20N2O2. The fraction of sp³-hybridized carbons (Fsp3) is 0.500. The van der Waals surface area contributed by atoms with Crippen molar-refractivity contribution >= 4 is 5.97 Å². The predicted octanol–water partition coefficient (Wildman–Crippen LogP) is 1.41. The van der Waals surface area contributed by atoms with Gasteiger partial charge in [0.25, 0.3) is 0 Å². The lowest BCUT2D eigenvalue weighted by Gasteiger charge is -2.32. The van der Waals surface area contributed by atoms with Gasteiger partial charge in [-0.05, 0) is 31.9 Å². The van der Waals surface area contributed by atoms with Gasteiger partial charge in [0, 0.05) is 12.6 Å². The Bertz CT molecular complexity index is 421. The van der Waals surface area contributed by atoms with Gasteiger partial charge in [0.2, 0.25) is 0 Å². The maximum atomic E-state index is 11.6. The Morgan fingerprint density at radius 2 is 2.17 bits per heavy atom. The molecule has 1 aliphatic rings. The molecule has 0 saturated carbocycles. The number of hydrogen-bond acceptors (Lipinski definition) is 3. The molecule has 1 fully saturated rings. The average Bonchev–Trinajstić information content (AvgIpc) is 2.75. The number of carboxylic acids is 1. The van der Waals surface area contributed by atoms with Crippen LogP contribution in [0, 0.1) is 0 Å². The summed E-state index contributed by atoms with van der Waals surface area (Å²) in [4.78, 5) is 13.7. The summed E-state index contributed by atoms with van der Waals surface area (Å²) in [6, 6.07) is 9.50. The zero-order chi connectivity index (χ0) is 13.2. The molecule has 1 aliphatic heterocycles. The van der Waals surface area contributed by atoms with Crippen LogP contribution < -0.4 is 5.73 Å². The molecule has 1 saturated heterocycles. The van der Waals surface area contributed by atoms with E-state index in [1.54, 1.807) is 12.1 Å². The summed E-state index contributed by atoms with van der Waals surface area (Å²) in [5, 5.41) is 9.48. The van der Waals surface area contributed by atoms with Crippen molar-refractivity contribution in [2.45, 2.75) is 31.3 Å². The van der Waals surface area contributed by atoms with E-state index in [0.717, 1.165) is 19.4 Å². The van der Waals surface area contributed by atoms with Crippen LogP contribution in [0.3, 0.4) is 0 Å². The number of rotatable bonds is 4. The van der Waals surface area contributed by atoms with Crippen molar-refractivity contribution < 1.29 is 9.90 Å². The SMILES string of the molecule is CC1CCCN1CC(N)(C(=O)O)c1ccccc1. The van der Waals surface area contributed by atoms with E-state index in [0.29, 0.717) is 18.2 Å². The molecule has 2 unspecified atom stereocenters. The molecule has 2 rings (SSSR count). The van der Waals surface area contributed by atoms with Crippen LogP contribution in [0.2, 0.25) is 0 Å². The first-order valence-corrected chi connectivity index (χ1v) is 6.36. The highest BCUT2D eigenvalue weighted by Crippen LogP contribution is 2.25. The predicted molar refractivity (Wildman–Crippen MR) is 70.2 cm³/mol. The summed E-state index contributed by atoms with van der Waals surface area (Å²) in [5.74, 6) is -0.965. The lowest BCUT2D eigenvalue weighted by Crippen LogP contribution is -2.54. The van der Waals surface area contributed by atoms with Crippen molar-refractivity contribution in [2.75, 3.05) is 13.1 Å². The number of aliphatic carboxylic acids is 1. The van der Waals surface area contributed by atoms with Crippen molar-refractivity contribution in [1.29, 1.82) is 0 Å². The largest absolute Gasteiger partial charge is 0.480 e. The summed E-state index contributed by atoms with van der Waals surface area (Å²) in [6.45, 7) is 3.42. The van der Waals surface area contributed by atoms with E-state index in [-0.39, 0.29) is 0 Å². The number of nitrogens with zero attached hydrogens (tertiary/aromatic N) is 1. The Labute approximate surface area is 107 Å². The van der Waals surface area contributed by atoms with Gasteiger partial charge in [-0.2, -0.15) is 0 Å². The molecule has 18 heavy (non-hydrogen) atoms. The van der Waals surface area contributed by atoms with Crippen molar-refractivity contribution in [2.24, 2.45) is 5.73 Å². The second-order valence-corrected chi connectivity index (χ2v) is 5.10. The molecule has 4 heteroatoms. The number of carboxylic acid groups (broad SMARTS) is 1. The lowest BCUT2D eigenvalue weighted by molar-refractivity contribution is -0.144. The number of carbonyl (C=O) groups is 1. The van der Waals surface area contributed by atoms with Crippen LogP contribution in [-0.2, 0) is 10.3 Å². The third-order valence-electron chi connectivity index (χ3n) is 3.81. The molecule has 0 radical (unpaired) electrons. The lowest BCUT2D eigenvalue weighted by atomic mass is 9.90. The maximum absolute atomic E-state index is 11.6. The van der Waals surface area contributed by atoms with Crippen LogP contribution in [-0.4, -0.2) is 35.1 Å². The third kappa shape index (κ3) is 2.40. The van der Waals surface area contributed by atoms with Crippen LogP contribution in [0.1, 0.15) is 25.3 Å². The Kier molecular flexibility index (Phi) is 3.68. The van der Waals surface area contributed by atoms with Crippen LogP contribution in [0.5, 0.6) is 0 Å². The monoisotopic (exact) mass is 248 g/mol. The summed E-state index contributed by atoms with van der Waals surface area (Å²) in [5.41, 5.74) is 5.51. The number of likely N-dealkylation sites (tertiary alicyclic amines) is 1. The van der Waals surface area contributed by atoms with Gasteiger partial charge in [-0.25, -0.2) is 4.79 Å². The van der Waals surface area contributed by atoms with Gasteiger partial charge in [-0.15, -0.1) is 0 Å². The van der Waals surface area contributed by atoms with E-state index in [9.17, 15) is 9.90 Å². The summed E-state index contributed by atoms with van der Waals surface area (Å²) < 4.78 is 0. The van der Waals surface area contributed by atoms with Crippen molar-refractivity contribution in [3.63, 3.8) is 0 Å². The van der Waals surface area contributed by atoms with Gasteiger partial charge in [0.15, 0.2) is 5.54 Å². The van der Waals surface area contributed by atoms with Gasteiger partial charge >= 0.3 is 5.97 Å². The van der Waals surface area contributed by atoms with Gasteiger partial charge in [-0.1, -0.05) is 30.3 Å². The molecule has 0 amide bonds. The van der Waals surface area contributed by atoms with Crippen LogP contribution in [0.25, 0.3) is 0 Å². The molecule has 0 aliphatic carbocycles. The quantitative estimate of drug-likeness (QED) is 0.845. The standard InChI is InChI=1S/C14H20N2O2/c1-11-6-5-9-16(11)10-14(15,13(17)18)12-7-3-2-4-8-12/h2-4,7-8,11H,5-6,9-10,15H2,1H3,(H,17,18). The van der Waals surface area contributed by atoms with E-state index in [4.69, 9.17) is 5.73 Å². The van der Waals surface area contributed by atoms with Crippen molar-refractivity contribution in [3.8, 4) is 0 Å². The maximum Gasteiger partial charge on any atom is 0.329 e. The Hall–Kier alpha value is -1.39. The first-order valence-electron chi connectivity index (χ1n) is 6.36. The minimum atomic E-state index is -1.32. The highest BCUT2D eigenvalue weighted by Gasteiger charge is 2.39. The minimum Gasteiger partial charge on any atom is -0.480 e. The average molecular weight is 248 g/mol. The van der Waals surface area contributed by atoms with E-state index in [1.807, 2.05) is 18.2 Å². The van der Waals surface area contributed by atoms with E-state index < -0.39 is 11.5 Å². The second kappa shape index (κ2) is 5.08. The molecule has 4 nitrogen and oxygen atoms in total. The molecule has 0 bridgehead atoms. The van der Waals surface area contributed by atoms with Crippen LogP contribution >= 0.6 is 0 Å². The summed E-state index contributed by atoms with van der Waals surface area (Å²) in [6.07, 6.45) is 2.23. The highest BCUT2D eigenvalue weighted by molar-refractivity contribution is 5.80. The zero-order valence-corrected chi connectivity index (χ0v) is 10.7. The molecule has 2 atom stereocenters. The second-order valence-electron chi connectivity index (χ2n) is 5.10. The topological polar surface area (TPSA) is 66.6 Å². The van der Waals surface area contributed by atoms with Gasteiger partial charge in [0.05, 0.1) is 0 Å². The highest BCUT2D eigenvalue weighted by atomic mass is 16.4. The minimum absolute atomic E-state index is 0.369. The van der Waals surface area contributed by atoms with Crippen LogP contribution in [0.4, 0.5) is 0 Å². The molecule has 98 valence electrons. The molecule has 1 aromatic carbocycles. The van der Waals surface area contributed by atoms with E-state index in [2.05, 4.69) is 11.8 Å². The van der Waals surface area contributed by atoms with E-state index >= 15 is 0 Å². The molecule has 3 N–H and O–H groups in total. The molecule has 0 aromatic heterocycles. The zero-order valence-electron chi connectivity index (χ0n) is 10.7. The Morgan fingerprint density at radius 1 is 1.50 bits per heavy atom. The molecular weight excluding hydrogens is 228 g/mol. The first-order chi connectivity index (χ1) is 8.54. The summed E-state index contributed by atoms with van der Waals surface area (Å²) in [7, 11) is 0. The Morgan fingerprint density at radius 3 is 2.67 bits per heavy atom. The molecule has 0 spiro atoms. The van der Waals surface area contributed by atoms with E-state index in [1.165, 1.54) is 0 Å². The number of nitrogens with two attached hydrogens (primary N) is 1. The van der Waals surface area contributed by atoms with Gasteiger partial charge < -0.3 is 10.8 Å². The van der Waals surface area contributed by atoms with Crippen molar-refractivity contribution in [1.82, 2.24) is 4.90 Å². The molecule has 1 heterocycles. The van der Waals surface area contributed by atoms with Crippen molar-refractivity contribution in [3.05, 3.63) is 35.9 Å². The summed E-state index contributed by atoms with van der Waals surface area (Å²) >= 11 is 0. The normalized spacial score (nSPS) is 23.8. The number of benzene rings is 1. The van der Waals surface area contributed by atoms with Gasteiger partial charge in [-0.3, -0.25) is 4.90 Å². The number of hydrogen-bond donors (Lipinski definition) is 2. The molecule has 1 aromatic rings. The first kappa shape index (κ1) is 13.1. The smallest absolute Gasteiger partial charge is 0.329 e. The third-order valence-corrected chi connectivity index (χ3v) is 3.81. The van der Waals surface area contributed by atoms with Gasteiger partial charge in [0.1, 0.15) is 0 Å². The van der Waals surface area contributed by atoms with Crippen LogP contribution in [0.15, 0.2) is 30.3 Å². The Balaban J connectivity index is 2.25.